The van der Waals surface area contributed by atoms with Crippen molar-refractivity contribution in [2.45, 2.75) is 45.1 Å². The van der Waals surface area contributed by atoms with E-state index in [-0.39, 0.29) is 30.2 Å². The summed E-state index contributed by atoms with van der Waals surface area (Å²) in [5, 5.41) is 13.0. The van der Waals surface area contributed by atoms with Crippen LogP contribution in [0, 0.1) is 5.92 Å². The third-order valence-corrected chi connectivity index (χ3v) is 5.96. The van der Waals surface area contributed by atoms with E-state index in [1.807, 2.05) is 25.1 Å². The first kappa shape index (κ1) is 26.6. The Balaban J connectivity index is 0.00000151. The Morgan fingerprint density at radius 3 is 2.45 bits per heavy atom. The van der Waals surface area contributed by atoms with Gasteiger partial charge >= 0.3 is 0 Å². The first-order chi connectivity index (χ1) is 15.0. The molecule has 0 saturated heterocycles. The highest BCUT2D eigenvalue weighted by molar-refractivity contribution is 7.99. The maximum absolute atomic E-state index is 12.5. The van der Waals surface area contributed by atoms with Gasteiger partial charge in [-0.05, 0) is 49.5 Å². The fourth-order valence-electron chi connectivity index (χ4n) is 3.49. The lowest BCUT2D eigenvalue weighted by Gasteiger charge is -2.28. The van der Waals surface area contributed by atoms with Gasteiger partial charge in [0.2, 0.25) is 11.8 Å². The molecule has 2 rings (SSSR count). The van der Waals surface area contributed by atoms with Crippen molar-refractivity contribution in [1.29, 1.82) is 0 Å². The van der Waals surface area contributed by atoms with Crippen molar-refractivity contribution in [3.8, 4) is 11.5 Å². The van der Waals surface area contributed by atoms with Crippen molar-refractivity contribution in [2.24, 2.45) is 5.92 Å². The zero-order valence-electron chi connectivity index (χ0n) is 18.5. The first-order valence-electron chi connectivity index (χ1n) is 10.4. The Morgan fingerprint density at radius 1 is 1.19 bits per heavy atom. The number of nitrogens with one attached hydrogen (secondary N) is 2. The fourth-order valence-corrected chi connectivity index (χ4v) is 3.96. The summed E-state index contributed by atoms with van der Waals surface area (Å²) in [6.45, 7) is 2.37. The minimum absolute atomic E-state index is 0.0379. The molecule has 0 radical (unpaired) electrons. The quantitative estimate of drug-likeness (QED) is 0.465. The molecule has 2 amide bonds. The Labute approximate surface area is 188 Å². The van der Waals surface area contributed by atoms with Gasteiger partial charge in [-0.2, -0.15) is 11.8 Å². The zero-order valence-corrected chi connectivity index (χ0v) is 19.3. The third kappa shape index (κ3) is 9.95. The number of amides is 2. The van der Waals surface area contributed by atoms with Gasteiger partial charge in [0.1, 0.15) is 11.5 Å². The molecule has 0 aliphatic heterocycles. The molecule has 3 N–H and O–H groups in total. The van der Waals surface area contributed by atoms with Crippen LogP contribution in [0.4, 0.5) is 0 Å². The molecule has 174 valence electrons. The summed E-state index contributed by atoms with van der Waals surface area (Å²) in [6, 6.07) is 5.92. The minimum atomic E-state index is -0.250. The van der Waals surface area contributed by atoms with Gasteiger partial charge in [-0.1, -0.05) is 13.0 Å². The normalized spacial score (nSPS) is 17.5. The Bertz CT molecular complexity index is 693. The third-order valence-electron chi connectivity index (χ3n) is 5.09. The minimum Gasteiger partial charge on any atom is -0.497 e. The number of rotatable bonds is 10. The molecule has 0 heterocycles. The highest BCUT2D eigenvalue weighted by Gasteiger charge is 2.26. The van der Waals surface area contributed by atoms with Crippen molar-refractivity contribution >= 4 is 30.0 Å². The van der Waals surface area contributed by atoms with E-state index in [1.165, 1.54) is 0 Å². The molecule has 0 spiro atoms. The van der Waals surface area contributed by atoms with Crippen LogP contribution in [-0.2, 0) is 20.8 Å². The van der Waals surface area contributed by atoms with Gasteiger partial charge in [-0.15, -0.1) is 0 Å². The van der Waals surface area contributed by atoms with Crippen LogP contribution in [0.25, 0.3) is 0 Å². The van der Waals surface area contributed by atoms with E-state index >= 15 is 0 Å². The van der Waals surface area contributed by atoms with Crippen LogP contribution in [0.5, 0.6) is 11.5 Å². The van der Waals surface area contributed by atoms with Crippen LogP contribution in [0.3, 0.4) is 0 Å². The summed E-state index contributed by atoms with van der Waals surface area (Å²) in [5.41, 5.74) is 1.04. The summed E-state index contributed by atoms with van der Waals surface area (Å²) in [5.74, 6) is 3.24. The molecular formula is C22H34N2O6S. The summed E-state index contributed by atoms with van der Waals surface area (Å²) < 4.78 is 10.6. The molecule has 31 heavy (non-hydrogen) atoms. The van der Waals surface area contributed by atoms with Gasteiger partial charge in [-0.3, -0.25) is 14.4 Å². The summed E-state index contributed by atoms with van der Waals surface area (Å²) in [7, 11) is 3.26. The number of ether oxygens (including phenoxy) is 2. The van der Waals surface area contributed by atoms with Crippen LogP contribution < -0.4 is 20.1 Å². The van der Waals surface area contributed by atoms with E-state index in [1.54, 1.807) is 26.0 Å². The summed E-state index contributed by atoms with van der Waals surface area (Å²) >= 11 is 1.63. The SMILES string of the molecule is CCSCC(=O)NC1CCC(C(=O)NCCc2ccc(OC)cc2OC)CC1.O=CO. The lowest BCUT2D eigenvalue weighted by atomic mass is 9.85. The van der Waals surface area contributed by atoms with Gasteiger partial charge in [0.25, 0.3) is 6.47 Å². The molecule has 0 bridgehead atoms. The topological polar surface area (TPSA) is 114 Å². The highest BCUT2D eigenvalue weighted by atomic mass is 32.2. The van der Waals surface area contributed by atoms with Crippen LogP contribution in [0.15, 0.2) is 18.2 Å². The number of carbonyl (C=O) groups is 3. The molecule has 0 unspecified atom stereocenters. The number of carbonyl (C=O) groups excluding carboxylic acids is 2. The van der Waals surface area contributed by atoms with Gasteiger partial charge in [0.15, 0.2) is 0 Å². The number of methoxy groups -OCH3 is 2. The highest BCUT2D eigenvalue weighted by Crippen LogP contribution is 2.26. The van der Waals surface area contributed by atoms with Gasteiger partial charge in [-0.25, -0.2) is 0 Å². The molecule has 1 aliphatic rings. The van der Waals surface area contributed by atoms with Crippen LogP contribution in [0.1, 0.15) is 38.2 Å². The molecule has 8 nitrogen and oxygen atoms in total. The fraction of sp³-hybridized carbons (Fsp3) is 0.591. The lowest BCUT2D eigenvalue weighted by Crippen LogP contribution is -2.41. The molecule has 0 atom stereocenters. The summed E-state index contributed by atoms with van der Waals surface area (Å²) in [4.78, 5) is 32.6. The molecule has 0 aromatic heterocycles. The number of thioether (sulfide) groups is 1. The average molecular weight is 455 g/mol. The molecule has 1 fully saturated rings. The van der Waals surface area contributed by atoms with E-state index < -0.39 is 0 Å². The smallest absolute Gasteiger partial charge is 0.290 e. The number of hydrogen-bond acceptors (Lipinski definition) is 6. The van der Waals surface area contributed by atoms with Crippen molar-refractivity contribution in [1.82, 2.24) is 10.6 Å². The maximum Gasteiger partial charge on any atom is 0.290 e. The maximum atomic E-state index is 12.5. The van der Waals surface area contributed by atoms with E-state index in [0.717, 1.165) is 48.5 Å². The second-order valence-electron chi connectivity index (χ2n) is 7.08. The van der Waals surface area contributed by atoms with E-state index in [2.05, 4.69) is 10.6 Å². The first-order valence-corrected chi connectivity index (χ1v) is 11.6. The second-order valence-corrected chi connectivity index (χ2v) is 8.35. The van der Waals surface area contributed by atoms with E-state index in [9.17, 15) is 9.59 Å². The summed E-state index contributed by atoms with van der Waals surface area (Å²) in [6.07, 6.45) is 4.09. The molecular weight excluding hydrogens is 420 g/mol. The molecule has 1 aliphatic carbocycles. The van der Waals surface area contributed by atoms with Gasteiger partial charge in [0, 0.05) is 24.6 Å². The number of hydrogen-bond donors (Lipinski definition) is 3. The van der Waals surface area contributed by atoms with Gasteiger partial charge < -0.3 is 25.2 Å². The number of carboxylic acid groups (broad SMARTS) is 1. The largest absolute Gasteiger partial charge is 0.497 e. The predicted octanol–water partition coefficient (Wildman–Crippen LogP) is 2.49. The number of benzene rings is 1. The molecule has 9 heteroatoms. The molecule has 1 saturated carbocycles. The van der Waals surface area contributed by atoms with Crippen LogP contribution in [0.2, 0.25) is 0 Å². The molecule has 1 aromatic rings. The second kappa shape index (κ2) is 15.4. The Hall–Kier alpha value is -2.42. The van der Waals surface area contributed by atoms with Crippen LogP contribution >= 0.6 is 11.8 Å². The van der Waals surface area contributed by atoms with E-state index in [0.29, 0.717) is 18.7 Å². The lowest BCUT2D eigenvalue weighted by molar-refractivity contribution is -0.126. The standard InChI is InChI=1S/C21H32N2O4S.CH2O2/c1-4-28-14-20(24)23-17-8-5-16(6-9-17)21(25)22-12-11-15-7-10-18(26-2)13-19(15)27-3;2-1-3/h7,10,13,16-17H,4-6,8-9,11-12,14H2,1-3H3,(H,22,25)(H,23,24);1H,(H,2,3). The molecule has 1 aromatic carbocycles. The zero-order chi connectivity index (χ0) is 23.1. The average Bonchev–Trinajstić information content (AvgIpc) is 2.78. The van der Waals surface area contributed by atoms with Crippen molar-refractivity contribution < 1.29 is 29.0 Å². The van der Waals surface area contributed by atoms with Crippen molar-refractivity contribution in [2.75, 3.05) is 32.3 Å². The monoisotopic (exact) mass is 454 g/mol. The van der Waals surface area contributed by atoms with Crippen LogP contribution in [-0.4, -0.2) is 61.7 Å². The van der Waals surface area contributed by atoms with Gasteiger partial charge in [0.05, 0.1) is 20.0 Å². The Morgan fingerprint density at radius 2 is 1.87 bits per heavy atom. The van der Waals surface area contributed by atoms with Crippen molar-refractivity contribution in [3.05, 3.63) is 23.8 Å². The van der Waals surface area contributed by atoms with E-state index in [4.69, 9.17) is 19.4 Å². The van der Waals surface area contributed by atoms with Crippen molar-refractivity contribution in [3.63, 3.8) is 0 Å². The Kier molecular flexibility index (Phi) is 13.2. The predicted molar refractivity (Wildman–Crippen MR) is 122 cm³/mol.